The van der Waals surface area contributed by atoms with E-state index in [9.17, 15) is 4.79 Å². The van der Waals surface area contributed by atoms with Crippen molar-refractivity contribution in [2.24, 2.45) is 4.99 Å². The Bertz CT molecular complexity index is 817. The number of nitrogens with one attached hydrogen (secondary N) is 2. The Morgan fingerprint density at radius 2 is 2.03 bits per heavy atom. The molecule has 0 unspecified atom stereocenters. The van der Waals surface area contributed by atoms with Crippen LogP contribution in [0.15, 0.2) is 34.6 Å². The number of rotatable bonds is 9. The van der Waals surface area contributed by atoms with Gasteiger partial charge in [0, 0.05) is 37.6 Å². The maximum atomic E-state index is 12.3. The summed E-state index contributed by atoms with van der Waals surface area (Å²) in [6.07, 6.45) is 0. The third kappa shape index (κ3) is 7.83. The van der Waals surface area contributed by atoms with Crippen molar-refractivity contribution < 1.29 is 4.79 Å². The van der Waals surface area contributed by atoms with Crippen LogP contribution in [0, 0.1) is 6.92 Å². The van der Waals surface area contributed by atoms with E-state index in [0.717, 1.165) is 35.3 Å². The highest BCUT2D eigenvalue weighted by Crippen LogP contribution is 2.11. The van der Waals surface area contributed by atoms with Gasteiger partial charge in [0.05, 0.1) is 23.8 Å². The average molecular weight is 417 g/mol. The third-order valence-electron chi connectivity index (χ3n) is 4.21. The molecule has 7 nitrogen and oxygen atoms in total. The minimum atomic E-state index is -0.0550. The molecule has 8 heteroatoms. The van der Waals surface area contributed by atoms with Gasteiger partial charge in [-0.05, 0) is 45.6 Å². The van der Waals surface area contributed by atoms with Crippen LogP contribution in [-0.4, -0.2) is 67.4 Å². The number of amides is 1. The van der Waals surface area contributed by atoms with Crippen LogP contribution in [0.2, 0.25) is 0 Å². The predicted octanol–water partition coefficient (Wildman–Crippen LogP) is 2.34. The highest BCUT2D eigenvalue weighted by molar-refractivity contribution is 7.09. The zero-order valence-electron chi connectivity index (χ0n) is 18.0. The first-order valence-electron chi connectivity index (χ1n) is 9.81. The van der Waals surface area contributed by atoms with E-state index in [-0.39, 0.29) is 5.91 Å². The van der Waals surface area contributed by atoms with E-state index in [1.165, 1.54) is 0 Å². The molecule has 0 aliphatic heterocycles. The van der Waals surface area contributed by atoms with Gasteiger partial charge in [-0.2, -0.15) is 0 Å². The van der Waals surface area contributed by atoms with Crippen LogP contribution in [0.25, 0.3) is 0 Å². The summed E-state index contributed by atoms with van der Waals surface area (Å²) in [5.41, 5.74) is 2.70. The lowest BCUT2D eigenvalue weighted by Crippen LogP contribution is -2.38. The molecular formula is C21H32N6OS. The van der Waals surface area contributed by atoms with Crippen molar-refractivity contribution in [1.82, 2.24) is 25.4 Å². The Balaban J connectivity index is 2.01. The number of thiazole rings is 1. The molecule has 0 saturated carbocycles. The molecular weight excluding hydrogens is 384 g/mol. The monoisotopic (exact) mass is 416 g/mol. The van der Waals surface area contributed by atoms with Crippen LogP contribution in [0.5, 0.6) is 0 Å². The molecule has 1 amide bonds. The van der Waals surface area contributed by atoms with Crippen LogP contribution in [0.1, 0.15) is 33.5 Å². The molecule has 0 fully saturated rings. The van der Waals surface area contributed by atoms with Crippen molar-refractivity contribution >= 4 is 23.2 Å². The van der Waals surface area contributed by atoms with Gasteiger partial charge in [0.15, 0.2) is 5.96 Å². The maximum absolute atomic E-state index is 12.3. The molecule has 1 aromatic heterocycles. The number of hydrogen-bond acceptors (Lipinski definition) is 5. The molecule has 29 heavy (non-hydrogen) atoms. The molecule has 158 valence electrons. The van der Waals surface area contributed by atoms with Crippen molar-refractivity contribution in [1.29, 1.82) is 0 Å². The highest BCUT2D eigenvalue weighted by Gasteiger charge is 2.10. The standard InChI is InChI=1S/C21H32N6OS/c1-6-22-21(27(5)14-19-15-29-16(2)25-19)24-13-17-8-7-9-18(12-17)20(28)23-10-11-26(3)4/h7-9,12,15H,6,10-11,13-14H2,1-5H3,(H,22,24)(H,23,28). The summed E-state index contributed by atoms with van der Waals surface area (Å²) in [5.74, 6) is 0.764. The molecule has 0 bridgehead atoms. The van der Waals surface area contributed by atoms with Gasteiger partial charge < -0.3 is 20.4 Å². The first kappa shape index (κ1) is 22.8. The van der Waals surface area contributed by atoms with Gasteiger partial charge in [-0.25, -0.2) is 9.98 Å². The number of benzene rings is 1. The number of carbonyl (C=O) groups is 1. The van der Waals surface area contributed by atoms with Gasteiger partial charge in [0.2, 0.25) is 0 Å². The average Bonchev–Trinajstić information content (AvgIpc) is 3.09. The Morgan fingerprint density at radius 1 is 1.24 bits per heavy atom. The SMILES string of the molecule is CCNC(=NCc1cccc(C(=O)NCCN(C)C)c1)N(C)Cc1csc(C)n1. The number of hydrogen-bond donors (Lipinski definition) is 2. The molecule has 1 heterocycles. The molecule has 0 aliphatic carbocycles. The molecule has 2 aromatic rings. The van der Waals surface area contributed by atoms with Gasteiger partial charge in [0.25, 0.3) is 5.91 Å². The summed E-state index contributed by atoms with van der Waals surface area (Å²) in [5, 5.41) is 9.41. The lowest BCUT2D eigenvalue weighted by molar-refractivity contribution is 0.0951. The minimum absolute atomic E-state index is 0.0550. The first-order valence-corrected chi connectivity index (χ1v) is 10.7. The van der Waals surface area contributed by atoms with E-state index in [0.29, 0.717) is 25.2 Å². The van der Waals surface area contributed by atoms with Crippen molar-refractivity contribution in [3.05, 3.63) is 51.5 Å². The lowest BCUT2D eigenvalue weighted by atomic mass is 10.1. The van der Waals surface area contributed by atoms with Gasteiger partial charge in [-0.1, -0.05) is 12.1 Å². The summed E-state index contributed by atoms with van der Waals surface area (Å²) >= 11 is 1.65. The fourth-order valence-electron chi connectivity index (χ4n) is 2.74. The van der Waals surface area contributed by atoms with E-state index < -0.39 is 0 Å². The summed E-state index contributed by atoms with van der Waals surface area (Å²) < 4.78 is 0. The summed E-state index contributed by atoms with van der Waals surface area (Å²) in [6.45, 7) is 7.48. The predicted molar refractivity (Wildman–Crippen MR) is 120 cm³/mol. The van der Waals surface area contributed by atoms with Gasteiger partial charge in [-0.3, -0.25) is 4.79 Å². The van der Waals surface area contributed by atoms with E-state index >= 15 is 0 Å². The normalized spacial score (nSPS) is 11.6. The molecule has 0 spiro atoms. The van der Waals surface area contributed by atoms with Crippen molar-refractivity contribution in [3.8, 4) is 0 Å². The molecule has 0 radical (unpaired) electrons. The van der Waals surface area contributed by atoms with Gasteiger partial charge in [0.1, 0.15) is 0 Å². The second-order valence-electron chi connectivity index (χ2n) is 7.14. The quantitative estimate of drug-likeness (QED) is 0.485. The number of aromatic nitrogens is 1. The van der Waals surface area contributed by atoms with Crippen LogP contribution < -0.4 is 10.6 Å². The molecule has 2 N–H and O–H groups in total. The minimum Gasteiger partial charge on any atom is -0.357 e. The van der Waals surface area contributed by atoms with Crippen LogP contribution in [0.4, 0.5) is 0 Å². The fraction of sp³-hybridized carbons (Fsp3) is 0.476. The van der Waals surface area contributed by atoms with Crippen molar-refractivity contribution in [2.45, 2.75) is 26.9 Å². The molecule has 0 aliphatic rings. The summed E-state index contributed by atoms with van der Waals surface area (Å²) in [6, 6.07) is 7.63. The second kappa shape index (κ2) is 11.5. The second-order valence-corrected chi connectivity index (χ2v) is 8.21. The van der Waals surface area contributed by atoms with Crippen molar-refractivity contribution in [2.75, 3.05) is 40.8 Å². The number of aryl methyl sites for hydroxylation is 1. The number of nitrogens with zero attached hydrogens (tertiary/aromatic N) is 4. The first-order chi connectivity index (χ1) is 13.9. The Hall–Kier alpha value is -2.45. The smallest absolute Gasteiger partial charge is 0.251 e. The topological polar surface area (TPSA) is 72.9 Å². The van der Waals surface area contributed by atoms with E-state index in [1.54, 1.807) is 11.3 Å². The number of aliphatic imine (C=N–C) groups is 1. The van der Waals surface area contributed by atoms with E-state index in [1.807, 2.05) is 57.2 Å². The lowest BCUT2D eigenvalue weighted by Gasteiger charge is -2.21. The van der Waals surface area contributed by atoms with Crippen LogP contribution in [0.3, 0.4) is 0 Å². The number of carbonyl (C=O) groups excluding carboxylic acids is 1. The van der Waals surface area contributed by atoms with E-state index in [4.69, 9.17) is 4.99 Å². The Morgan fingerprint density at radius 3 is 2.69 bits per heavy atom. The number of guanidine groups is 1. The van der Waals surface area contributed by atoms with Crippen LogP contribution in [-0.2, 0) is 13.1 Å². The summed E-state index contributed by atoms with van der Waals surface area (Å²) in [7, 11) is 5.98. The van der Waals surface area contributed by atoms with Crippen molar-refractivity contribution in [3.63, 3.8) is 0 Å². The van der Waals surface area contributed by atoms with E-state index in [2.05, 4.69) is 32.8 Å². The zero-order chi connectivity index (χ0) is 21.2. The molecule has 0 saturated heterocycles. The Labute approximate surface area is 177 Å². The number of likely N-dealkylation sites (N-methyl/N-ethyl adjacent to an activating group) is 1. The maximum Gasteiger partial charge on any atom is 0.251 e. The zero-order valence-corrected chi connectivity index (χ0v) is 18.8. The highest BCUT2D eigenvalue weighted by atomic mass is 32.1. The molecule has 1 aromatic carbocycles. The Kier molecular flexibility index (Phi) is 9.08. The molecule has 2 rings (SSSR count). The largest absolute Gasteiger partial charge is 0.357 e. The fourth-order valence-corrected chi connectivity index (χ4v) is 3.34. The molecule has 0 atom stereocenters. The van der Waals surface area contributed by atoms with Gasteiger partial charge in [-0.15, -0.1) is 11.3 Å². The summed E-state index contributed by atoms with van der Waals surface area (Å²) in [4.78, 5) is 25.7. The third-order valence-corrected chi connectivity index (χ3v) is 5.03. The van der Waals surface area contributed by atoms with Crippen LogP contribution >= 0.6 is 11.3 Å². The van der Waals surface area contributed by atoms with Gasteiger partial charge >= 0.3 is 0 Å².